The van der Waals surface area contributed by atoms with Crippen LogP contribution in [0.5, 0.6) is 0 Å². The average molecular weight is 327 g/mol. The van der Waals surface area contributed by atoms with E-state index in [2.05, 4.69) is 43.7 Å². The van der Waals surface area contributed by atoms with Gasteiger partial charge in [0.05, 0.1) is 6.54 Å². The van der Waals surface area contributed by atoms with Crippen molar-refractivity contribution >= 4 is 5.95 Å². The average Bonchev–Trinajstić information content (AvgIpc) is 3.22. The molecule has 4 heterocycles. The first kappa shape index (κ1) is 15.5. The molecule has 2 aromatic rings. The molecule has 2 fully saturated rings. The Morgan fingerprint density at radius 1 is 1.25 bits per heavy atom. The molecule has 0 aliphatic carbocycles. The van der Waals surface area contributed by atoms with Crippen molar-refractivity contribution in [3.05, 3.63) is 31.1 Å². The summed E-state index contributed by atoms with van der Waals surface area (Å²) in [6, 6.07) is 3.60. The molecular formula is C17H25N7. The van der Waals surface area contributed by atoms with Gasteiger partial charge < -0.3 is 4.90 Å². The van der Waals surface area contributed by atoms with Gasteiger partial charge in [0.1, 0.15) is 12.7 Å². The number of nitrogens with zero attached hydrogens (tertiary/aromatic N) is 7. The first-order valence-corrected chi connectivity index (χ1v) is 8.84. The molecule has 0 saturated carbocycles. The van der Waals surface area contributed by atoms with Gasteiger partial charge in [-0.05, 0) is 38.7 Å². The fraction of sp³-hybridized carbons (Fsp3) is 0.647. The van der Waals surface area contributed by atoms with E-state index in [4.69, 9.17) is 0 Å². The number of fused-ring (bicyclic) bond motifs is 1. The molecule has 7 nitrogen and oxygen atoms in total. The third-order valence-corrected chi connectivity index (χ3v) is 5.37. The minimum atomic E-state index is 0.526. The fourth-order valence-corrected chi connectivity index (χ4v) is 4.54. The summed E-state index contributed by atoms with van der Waals surface area (Å²) in [7, 11) is 0. The van der Waals surface area contributed by atoms with Gasteiger partial charge in [0.2, 0.25) is 5.95 Å². The monoisotopic (exact) mass is 327 g/mol. The van der Waals surface area contributed by atoms with Gasteiger partial charge in [0, 0.05) is 43.6 Å². The van der Waals surface area contributed by atoms with E-state index in [0.717, 1.165) is 25.6 Å². The summed E-state index contributed by atoms with van der Waals surface area (Å²) in [5.74, 6) is 1.53. The fourth-order valence-electron chi connectivity index (χ4n) is 4.54. The van der Waals surface area contributed by atoms with Gasteiger partial charge in [0.25, 0.3) is 0 Å². The molecular weight excluding hydrogens is 302 g/mol. The second-order valence-corrected chi connectivity index (χ2v) is 7.16. The minimum Gasteiger partial charge on any atom is -0.340 e. The highest BCUT2D eigenvalue weighted by Crippen LogP contribution is 2.38. The van der Waals surface area contributed by atoms with Crippen molar-refractivity contribution in [2.45, 2.75) is 51.4 Å². The second kappa shape index (κ2) is 6.47. The molecule has 0 N–H and O–H groups in total. The smallest absolute Gasteiger partial charge is 0.225 e. The molecule has 0 unspecified atom stereocenters. The second-order valence-electron chi connectivity index (χ2n) is 7.16. The Kier molecular flexibility index (Phi) is 4.18. The van der Waals surface area contributed by atoms with Gasteiger partial charge in [-0.15, -0.1) is 0 Å². The van der Waals surface area contributed by atoms with Gasteiger partial charge in [-0.1, -0.05) is 0 Å². The summed E-state index contributed by atoms with van der Waals surface area (Å²) >= 11 is 0. The van der Waals surface area contributed by atoms with Crippen molar-refractivity contribution in [3.8, 4) is 0 Å². The third kappa shape index (κ3) is 2.88. The van der Waals surface area contributed by atoms with Crippen LogP contribution < -0.4 is 4.90 Å². The molecule has 4 rings (SSSR count). The molecule has 2 aromatic heterocycles. The maximum Gasteiger partial charge on any atom is 0.225 e. The molecule has 0 radical (unpaired) electrons. The zero-order valence-electron chi connectivity index (χ0n) is 14.4. The van der Waals surface area contributed by atoms with Gasteiger partial charge in [-0.25, -0.2) is 15.0 Å². The van der Waals surface area contributed by atoms with E-state index in [0.29, 0.717) is 24.0 Å². The van der Waals surface area contributed by atoms with Gasteiger partial charge in [-0.2, -0.15) is 5.10 Å². The SMILES string of the molecule is CC(C)N1[C@@H](Cn2cncn2)C[C@H]2CN(c3ncccn3)CC[C@H]21. The van der Waals surface area contributed by atoms with Crippen molar-refractivity contribution < 1.29 is 0 Å². The van der Waals surface area contributed by atoms with E-state index in [1.165, 1.54) is 12.8 Å². The van der Waals surface area contributed by atoms with Crippen molar-refractivity contribution in [1.29, 1.82) is 0 Å². The van der Waals surface area contributed by atoms with Crippen molar-refractivity contribution in [1.82, 2.24) is 29.6 Å². The molecule has 2 saturated heterocycles. The largest absolute Gasteiger partial charge is 0.340 e. The highest BCUT2D eigenvalue weighted by atomic mass is 15.4. The lowest BCUT2D eigenvalue weighted by molar-refractivity contribution is 0.114. The van der Waals surface area contributed by atoms with Gasteiger partial charge >= 0.3 is 0 Å². The Labute approximate surface area is 142 Å². The van der Waals surface area contributed by atoms with Crippen LogP contribution in [0.4, 0.5) is 5.95 Å². The summed E-state index contributed by atoms with van der Waals surface area (Å²) in [5, 5.41) is 4.30. The molecule has 3 atom stereocenters. The van der Waals surface area contributed by atoms with Crippen LogP contribution in [-0.2, 0) is 6.54 Å². The zero-order valence-corrected chi connectivity index (χ0v) is 14.4. The van der Waals surface area contributed by atoms with E-state index in [1.54, 1.807) is 6.33 Å². The number of anilines is 1. The molecule has 0 bridgehead atoms. The summed E-state index contributed by atoms with van der Waals surface area (Å²) < 4.78 is 1.97. The lowest BCUT2D eigenvalue weighted by atomic mass is 9.92. The Hall–Kier alpha value is -2.02. The lowest BCUT2D eigenvalue weighted by Crippen LogP contribution is -2.50. The maximum absolute atomic E-state index is 4.43. The Bertz CT molecular complexity index is 642. The van der Waals surface area contributed by atoms with Crippen LogP contribution in [0.25, 0.3) is 0 Å². The molecule has 2 aliphatic heterocycles. The first-order valence-electron chi connectivity index (χ1n) is 8.84. The number of hydrogen-bond donors (Lipinski definition) is 0. The molecule has 2 aliphatic rings. The summed E-state index contributed by atoms with van der Waals surface area (Å²) in [6.07, 6.45) is 9.48. The number of likely N-dealkylation sites (tertiary alicyclic amines) is 1. The topological polar surface area (TPSA) is 63.0 Å². The van der Waals surface area contributed by atoms with E-state index in [9.17, 15) is 0 Å². The molecule has 7 heteroatoms. The van der Waals surface area contributed by atoms with Crippen molar-refractivity contribution in [2.24, 2.45) is 5.92 Å². The van der Waals surface area contributed by atoms with Crippen LogP contribution in [0.15, 0.2) is 31.1 Å². The standard InChI is InChI=1S/C17H25N7/c1-13(2)24-15(10-23-12-18-11-21-23)8-14-9-22(7-4-16(14)24)17-19-5-3-6-20-17/h3,5-6,11-16H,4,7-10H2,1-2H3/t14-,15+,16+/m0/s1. The highest BCUT2D eigenvalue weighted by molar-refractivity contribution is 5.30. The lowest BCUT2D eigenvalue weighted by Gasteiger charge is -2.40. The Morgan fingerprint density at radius 2 is 2.08 bits per heavy atom. The van der Waals surface area contributed by atoms with Crippen LogP contribution in [0.1, 0.15) is 26.7 Å². The van der Waals surface area contributed by atoms with Crippen LogP contribution in [0.3, 0.4) is 0 Å². The van der Waals surface area contributed by atoms with E-state index in [-0.39, 0.29) is 0 Å². The minimum absolute atomic E-state index is 0.526. The van der Waals surface area contributed by atoms with Crippen LogP contribution >= 0.6 is 0 Å². The highest BCUT2D eigenvalue weighted by Gasteiger charge is 2.45. The van der Waals surface area contributed by atoms with Crippen LogP contribution in [0, 0.1) is 5.92 Å². The molecule has 0 aromatic carbocycles. The molecule has 24 heavy (non-hydrogen) atoms. The summed E-state index contributed by atoms with van der Waals surface area (Å²) in [5.41, 5.74) is 0. The molecule has 0 amide bonds. The van der Waals surface area contributed by atoms with Crippen molar-refractivity contribution in [2.75, 3.05) is 18.0 Å². The van der Waals surface area contributed by atoms with E-state index in [1.807, 2.05) is 29.5 Å². The quantitative estimate of drug-likeness (QED) is 0.847. The number of aromatic nitrogens is 5. The predicted octanol–water partition coefficient (Wildman–Crippen LogP) is 1.45. The third-order valence-electron chi connectivity index (χ3n) is 5.37. The summed E-state index contributed by atoms with van der Waals surface area (Å²) in [6.45, 7) is 7.62. The normalized spacial score (nSPS) is 27.6. The first-order chi connectivity index (χ1) is 11.7. The predicted molar refractivity (Wildman–Crippen MR) is 91.5 cm³/mol. The van der Waals surface area contributed by atoms with Crippen LogP contribution in [-0.4, -0.2) is 60.8 Å². The van der Waals surface area contributed by atoms with Crippen molar-refractivity contribution in [3.63, 3.8) is 0 Å². The Balaban J connectivity index is 1.50. The van der Waals surface area contributed by atoms with Gasteiger partial charge in [-0.3, -0.25) is 9.58 Å². The number of rotatable bonds is 4. The van der Waals surface area contributed by atoms with E-state index < -0.39 is 0 Å². The summed E-state index contributed by atoms with van der Waals surface area (Å²) in [4.78, 5) is 18.0. The van der Waals surface area contributed by atoms with Gasteiger partial charge in [0.15, 0.2) is 0 Å². The Morgan fingerprint density at radius 3 is 2.79 bits per heavy atom. The number of hydrogen-bond acceptors (Lipinski definition) is 6. The van der Waals surface area contributed by atoms with E-state index >= 15 is 0 Å². The van der Waals surface area contributed by atoms with Crippen LogP contribution in [0.2, 0.25) is 0 Å². The molecule has 0 spiro atoms. The zero-order chi connectivity index (χ0) is 16.5. The maximum atomic E-state index is 4.43. The number of piperidine rings is 1. The molecule has 128 valence electrons.